The molecule has 2 rings (SSSR count). The van der Waals surface area contributed by atoms with Crippen LogP contribution in [0.25, 0.3) is 5.69 Å². The largest absolute Gasteiger partial charge is 0.315 e. The second kappa shape index (κ2) is 7.96. The summed E-state index contributed by atoms with van der Waals surface area (Å²) >= 11 is 0. The first-order valence-electron chi connectivity index (χ1n) is 7.63. The van der Waals surface area contributed by atoms with E-state index >= 15 is 0 Å². The summed E-state index contributed by atoms with van der Waals surface area (Å²) in [5, 5.41) is 7.90. The fraction of sp³-hybridized carbons (Fsp3) is 0.471. The van der Waals surface area contributed by atoms with Gasteiger partial charge in [-0.1, -0.05) is 32.0 Å². The summed E-state index contributed by atoms with van der Waals surface area (Å²) in [6, 6.07) is 10.2. The number of hydrogen-bond acceptors (Lipinski definition) is 3. The standard InChI is InChI=1S/C17H26N4/c1-15(2)11-18-9-10-20(3)13-16-12-19-21(14-16)17-7-5-4-6-8-17/h4-8,12,14-15,18H,9-11,13H2,1-3H3. The third-order valence-electron chi connectivity index (χ3n) is 3.33. The summed E-state index contributed by atoms with van der Waals surface area (Å²) in [6.07, 6.45) is 4.05. The van der Waals surface area contributed by atoms with Crippen molar-refractivity contribution in [3.8, 4) is 5.69 Å². The van der Waals surface area contributed by atoms with Gasteiger partial charge in [-0.05, 0) is 31.6 Å². The molecule has 21 heavy (non-hydrogen) atoms. The zero-order chi connectivity index (χ0) is 15.1. The van der Waals surface area contributed by atoms with Crippen molar-refractivity contribution in [3.63, 3.8) is 0 Å². The first-order valence-corrected chi connectivity index (χ1v) is 7.63. The molecule has 4 nitrogen and oxygen atoms in total. The maximum atomic E-state index is 4.43. The number of aromatic nitrogens is 2. The van der Waals surface area contributed by atoms with Gasteiger partial charge >= 0.3 is 0 Å². The molecule has 0 bridgehead atoms. The number of nitrogens with one attached hydrogen (secondary N) is 1. The van der Waals surface area contributed by atoms with E-state index < -0.39 is 0 Å². The fourth-order valence-corrected chi connectivity index (χ4v) is 2.22. The molecule has 0 aliphatic heterocycles. The second-order valence-electron chi connectivity index (χ2n) is 5.96. The van der Waals surface area contributed by atoms with Gasteiger partial charge < -0.3 is 10.2 Å². The van der Waals surface area contributed by atoms with Gasteiger partial charge in [-0.15, -0.1) is 0 Å². The lowest BCUT2D eigenvalue weighted by atomic mass is 10.2. The van der Waals surface area contributed by atoms with Gasteiger partial charge in [-0.2, -0.15) is 5.10 Å². The van der Waals surface area contributed by atoms with Crippen LogP contribution in [0.2, 0.25) is 0 Å². The number of likely N-dealkylation sites (N-methyl/N-ethyl adjacent to an activating group) is 1. The molecule has 0 spiro atoms. The van der Waals surface area contributed by atoms with E-state index in [1.807, 2.05) is 29.1 Å². The summed E-state index contributed by atoms with van der Waals surface area (Å²) in [6.45, 7) is 8.55. The normalized spacial score (nSPS) is 11.5. The molecule has 0 unspecified atom stereocenters. The highest BCUT2D eigenvalue weighted by Crippen LogP contribution is 2.08. The molecule has 2 aromatic rings. The van der Waals surface area contributed by atoms with Crippen LogP contribution in [0.3, 0.4) is 0 Å². The van der Waals surface area contributed by atoms with E-state index in [1.54, 1.807) is 0 Å². The van der Waals surface area contributed by atoms with Crippen molar-refractivity contribution in [1.82, 2.24) is 20.0 Å². The van der Waals surface area contributed by atoms with Crippen LogP contribution in [0.4, 0.5) is 0 Å². The molecule has 0 aliphatic carbocycles. The SMILES string of the molecule is CC(C)CNCCN(C)Cc1cnn(-c2ccccc2)c1. The Morgan fingerprint density at radius 3 is 2.71 bits per heavy atom. The van der Waals surface area contributed by atoms with Crippen molar-refractivity contribution in [2.24, 2.45) is 5.92 Å². The first-order chi connectivity index (χ1) is 10.1. The molecule has 0 saturated heterocycles. The van der Waals surface area contributed by atoms with Gasteiger partial charge in [0, 0.05) is 31.4 Å². The number of benzene rings is 1. The zero-order valence-electron chi connectivity index (χ0n) is 13.3. The van der Waals surface area contributed by atoms with Crippen LogP contribution in [-0.2, 0) is 6.54 Å². The van der Waals surface area contributed by atoms with Crippen LogP contribution in [0.1, 0.15) is 19.4 Å². The lowest BCUT2D eigenvalue weighted by Crippen LogP contribution is -2.30. The molecule has 0 atom stereocenters. The maximum Gasteiger partial charge on any atom is 0.0645 e. The molecule has 1 N–H and O–H groups in total. The second-order valence-corrected chi connectivity index (χ2v) is 5.96. The maximum absolute atomic E-state index is 4.43. The molecule has 1 aromatic carbocycles. The van der Waals surface area contributed by atoms with Crippen LogP contribution in [-0.4, -0.2) is 41.4 Å². The highest BCUT2D eigenvalue weighted by molar-refractivity contribution is 5.30. The molecular formula is C17H26N4. The van der Waals surface area contributed by atoms with Crippen LogP contribution in [0.5, 0.6) is 0 Å². The molecule has 1 heterocycles. The number of nitrogens with zero attached hydrogens (tertiary/aromatic N) is 3. The number of hydrogen-bond donors (Lipinski definition) is 1. The summed E-state index contributed by atoms with van der Waals surface area (Å²) < 4.78 is 1.93. The third-order valence-corrected chi connectivity index (χ3v) is 3.33. The fourth-order valence-electron chi connectivity index (χ4n) is 2.22. The van der Waals surface area contributed by atoms with E-state index in [2.05, 4.69) is 54.5 Å². The Morgan fingerprint density at radius 1 is 1.24 bits per heavy atom. The Bertz CT molecular complexity index is 519. The van der Waals surface area contributed by atoms with E-state index in [4.69, 9.17) is 0 Å². The molecule has 1 aromatic heterocycles. The van der Waals surface area contributed by atoms with E-state index in [9.17, 15) is 0 Å². The van der Waals surface area contributed by atoms with Crippen LogP contribution in [0, 0.1) is 5.92 Å². The van der Waals surface area contributed by atoms with Gasteiger partial charge in [0.2, 0.25) is 0 Å². The van der Waals surface area contributed by atoms with Crippen molar-refractivity contribution in [2.45, 2.75) is 20.4 Å². The van der Waals surface area contributed by atoms with Gasteiger partial charge in [-0.25, -0.2) is 4.68 Å². The van der Waals surface area contributed by atoms with Gasteiger partial charge in [0.05, 0.1) is 11.9 Å². The molecule has 0 fully saturated rings. The molecule has 0 amide bonds. The summed E-state index contributed by atoms with van der Waals surface area (Å²) in [7, 11) is 2.15. The van der Waals surface area contributed by atoms with Gasteiger partial charge in [0.25, 0.3) is 0 Å². The molecule has 0 radical (unpaired) electrons. The molecule has 0 saturated carbocycles. The predicted octanol–water partition coefficient (Wildman–Crippen LogP) is 2.55. The highest BCUT2D eigenvalue weighted by Gasteiger charge is 2.04. The Labute approximate surface area is 127 Å². The first kappa shape index (κ1) is 15.7. The Kier molecular flexibility index (Phi) is 5.96. The minimum atomic E-state index is 0.708. The summed E-state index contributed by atoms with van der Waals surface area (Å²) in [4.78, 5) is 2.32. The molecule has 114 valence electrons. The monoisotopic (exact) mass is 286 g/mol. The molecular weight excluding hydrogens is 260 g/mol. The van der Waals surface area contributed by atoms with Crippen molar-refractivity contribution in [3.05, 3.63) is 48.3 Å². The van der Waals surface area contributed by atoms with Crippen molar-refractivity contribution in [1.29, 1.82) is 0 Å². The van der Waals surface area contributed by atoms with E-state index in [0.29, 0.717) is 5.92 Å². The topological polar surface area (TPSA) is 33.1 Å². The van der Waals surface area contributed by atoms with Gasteiger partial charge in [0.15, 0.2) is 0 Å². The van der Waals surface area contributed by atoms with E-state index in [0.717, 1.165) is 31.9 Å². The average Bonchev–Trinajstić information content (AvgIpc) is 2.93. The van der Waals surface area contributed by atoms with Crippen molar-refractivity contribution in [2.75, 3.05) is 26.7 Å². The summed E-state index contributed by atoms with van der Waals surface area (Å²) in [5.74, 6) is 0.708. The third kappa shape index (κ3) is 5.33. The Balaban J connectivity index is 1.79. The Morgan fingerprint density at radius 2 is 2.00 bits per heavy atom. The van der Waals surface area contributed by atoms with Crippen LogP contribution < -0.4 is 5.32 Å². The number of para-hydroxylation sites is 1. The minimum Gasteiger partial charge on any atom is -0.315 e. The Hall–Kier alpha value is -1.65. The van der Waals surface area contributed by atoms with E-state index in [1.165, 1.54) is 5.56 Å². The predicted molar refractivity (Wildman–Crippen MR) is 87.6 cm³/mol. The quantitative estimate of drug-likeness (QED) is 0.757. The minimum absolute atomic E-state index is 0.708. The van der Waals surface area contributed by atoms with Gasteiger partial charge in [-0.3, -0.25) is 0 Å². The lowest BCUT2D eigenvalue weighted by molar-refractivity contribution is 0.321. The zero-order valence-corrected chi connectivity index (χ0v) is 13.3. The summed E-state index contributed by atoms with van der Waals surface area (Å²) in [5.41, 5.74) is 2.34. The number of rotatable bonds is 8. The average molecular weight is 286 g/mol. The highest BCUT2D eigenvalue weighted by atomic mass is 15.3. The van der Waals surface area contributed by atoms with E-state index in [-0.39, 0.29) is 0 Å². The van der Waals surface area contributed by atoms with Crippen molar-refractivity contribution >= 4 is 0 Å². The van der Waals surface area contributed by atoms with Gasteiger partial charge in [0.1, 0.15) is 0 Å². The molecule has 4 heteroatoms. The molecule has 0 aliphatic rings. The lowest BCUT2D eigenvalue weighted by Gasteiger charge is -2.16. The van der Waals surface area contributed by atoms with Crippen LogP contribution in [0.15, 0.2) is 42.7 Å². The van der Waals surface area contributed by atoms with Crippen molar-refractivity contribution < 1.29 is 0 Å². The van der Waals surface area contributed by atoms with Crippen LogP contribution >= 0.6 is 0 Å². The smallest absolute Gasteiger partial charge is 0.0645 e.